The van der Waals surface area contributed by atoms with Gasteiger partial charge in [0.25, 0.3) is 11.7 Å². The van der Waals surface area contributed by atoms with Crippen molar-refractivity contribution in [3.63, 3.8) is 0 Å². The summed E-state index contributed by atoms with van der Waals surface area (Å²) < 4.78 is 25.3. The molecule has 2 heterocycles. The normalized spacial score (nSPS) is 10.9. The number of benzene rings is 1. The van der Waals surface area contributed by atoms with Crippen LogP contribution in [0.3, 0.4) is 0 Å². The van der Waals surface area contributed by atoms with Crippen LogP contribution in [0.4, 0.5) is 13.9 Å². The van der Waals surface area contributed by atoms with Crippen LogP contribution in [0.25, 0.3) is 10.6 Å². The molecule has 9 heteroatoms. The second-order valence-electron chi connectivity index (χ2n) is 4.85. The molecule has 0 fully saturated rings. The second-order valence-corrected chi connectivity index (χ2v) is 6.79. The molecule has 0 saturated heterocycles. The van der Waals surface area contributed by atoms with Crippen LogP contribution in [-0.2, 0) is 0 Å². The summed E-state index contributed by atoms with van der Waals surface area (Å²) in [6.07, 6.45) is 1.37. The molecule has 0 unspecified atom stereocenters. The van der Waals surface area contributed by atoms with Crippen LogP contribution in [0, 0.1) is 0 Å². The van der Waals surface area contributed by atoms with Crippen molar-refractivity contribution in [2.24, 2.45) is 0 Å². The molecule has 3 aromatic rings. The van der Waals surface area contributed by atoms with Gasteiger partial charge in [-0.2, -0.15) is 8.78 Å². The van der Waals surface area contributed by atoms with Crippen molar-refractivity contribution in [1.29, 1.82) is 0 Å². The molecule has 1 aromatic carbocycles. The molecule has 3 rings (SSSR count). The van der Waals surface area contributed by atoms with Gasteiger partial charge in [-0.25, -0.2) is 4.98 Å². The van der Waals surface area contributed by atoms with Crippen LogP contribution in [0.2, 0.25) is 0 Å². The summed E-state index contributed by atoms with van der Waals surface area (Å²) >= 11 is 1.49. The molecule has 0 aliphatic rings. The highest BCUT2D eigenvalue weighted by Crippen LogP contribution is 2.31. The topological polar surface area (TPSA) is 59.0 Å². The van der Waals surface area contributed by atoms with Gasteiger partial charge < -0.3 is 0 Å². The molecule has 0 N–H and O–H groups in total. The Kier molecular flexibility index (Phi) is 5.34. The molecule has 25 heavy (non-hydrogen) atoms. The number of rotatable bonds is 5. The number of anilines is 1. The number of carbonyl (C=O) groups is 1. The van der Waals surface area contributed by atoms with Crippen LogP contribution in [0.15, 0.2) is 53.7 Å². The van der Waals surface area contributed by atoms with Crippen LogP contribution in [-0.4, -0.2) is 33.9 Å². The van der Waals surface area contributed by atoms with E-state index in [-0.39, 0.29) is 22.4 Å². The number of carbonyl (C=O) groups excluding carboxylic acids is 1. The molecule has 0 radical (unpaired) electrons. The number of nitrogens with zero attached hydrogens (tertiary/aromatic N) is 4. The van der Waals surface area contributed by atoms with Gasteiger partial charge in [-0.15, -0.1) is 10.2 Å². The zero-order chi connectivity index (χ0) is 17.8. The maximum absolute atomic E-state index is 12.7. The minimum Gasteiger partial charge on any atom is -0.286 e. The smallest absolute Gasteiger partial charge is 0.286 e. The first-order valence-corrected chi connectivity index (χ1v) is 8.82. The summed E-state index contributed by atoms with van der Waals surface area (Å²) in [5.41, 5.74) is 0.995. The monoisotopic (exact) mass is 378 g/mol. The second kappa shape index (κ2) is 7.66. The molecular weight excluding hydrogens is 366 g/mol. The molecule has 0 saturated carbocycles. The van der Waals surface area contributed by atoms with E-state index in [0.717, 1.165) is 5.56 Å². The van der Waals surface area contributed by atoms with E-state index in [2.05, 4.69) is 15.2 Å². The number of halogens is 2. The zero-order valence-corrected chi connectivity index (χ0v) is 14.6. The van der Waals surface area contributed by atoms with Crippen molar-refractivity contribution in [2.75, 3.05) is 11.9 Å². The Bertz CT molecular complexity index is 873. The van der Waals surface area contributed by atoms with Crippen LogP contribution >= 0.6 is 23.1 Å². The number of pyridine rings is 1. The first kappa shape index (κ1) is 17.4. The zero-order valence-electron chi connectivity index (χ0n) is 13.0. The minimum absolute atomic E-state index is 0.0119. The standard InChI is InChI=1S/C16H12F2N4OS2/c1-22(14(23)11-8-5-9-19-13(11)24-15(17)18)16-21-20-12(25-16)10-6-3-2-4-7-10/h2-9,15H,1H3. The van der Waals surface area contributed by atoms with E-state index in [0.29, 0.717) is 10.1 Å². The van der Waals surface area contributed by atoms with E-state index in [9.17, 15) is 13.6 Å². The minimum atomic E-state index is -2.65. The Balaban J connectivity index is 1.85. The molecule has 0 spiro atoms. The number of aromatic nitrogens is 3. The van der Waals surface area contributed by atoms with E-state index in [1.165, 1.54) is 41.6 Å². The lowest BCUT2D eigenvalue weighted by atomic mass is 10.2. The van der Waals surface area contributed by atoms with E-state index >= 15 is 0 Å². The Morgan fingerprint density at radius 3 is 2.64 bits per heavy atom. The summed E-state index contributed by atoms with van der Waals surface area (Å²) in [6, 6.07) is 12.5. The predicted octanol–water partition coefficient (Wildman–Crippen LogP) is 4.19. The number of hydrogen-bond acceptors (Lipinski definition) is 6. The van der Waals surface area contributed by atoms with Crippen molar-refractivity contribution in [3.05, 3.63) is 54.2 Å². The van der Waals surface area contributed by atoms with Gasteiger partial charge in [0.2, 0.25) is 5.13 Å². The molecular formula is C16H12F2N4OS2. The maximum Gasteiger partial charge on any atom is 0.290 e. The maximum atomic E-state index is 12.7. The molecule has 5 nitrogen and oxygen atoms in total. The average molecular weight is 378 g/mol. The largest absolute Gasteiger partial charge is 0.290 e. The van der Waals surface area contributed by atoms with E-state index in [1.54, 1.807) is 0 Å². The van der Waals surface area contributed by atoms with Crippen molar-refractivity contribution >= 4 is 34.1 Å². The summed E-state index contributed by atoms with van der Waals surface area (Å²) in [5.74, 6) is -3.12. The number of alkyl halides is 2. The summed E-state index contributed by atoms with van der Waals surface area (Å²) in [7, 11) is 1.53. The van der Waals surface area contributed by atoms with Gasteiger partial charge in [-0.05, 0) is 23.9 Å². The van der Waals surface area contributed by atoms with E-state index in [1.807, 2.05) is 30.3 Å². The van der Waals surface area contributed by atoms with Crippen molar-refractivity contribution in [2.45, 2.75) is 10.8 Å². The first-order chi connectivity index (χ1) is 12.1. The van der Waals surface area contributed by atoms with Crippen LogP contribution < -0.4 is 4.90 Å². The SMILES string of the molecule is CN(C(=O)c1cccnc1SC(F)F)c1nnc(-c2ccccc2)s1. The quantitative estimate of drug-likeness (QED) is 0.623. The van der Waals surface area contributed by atoms with Crippen molar-refractivity contribution in [1.82, 2.24) is 15.2 Å². The number of amides is 1. The fourth-order valence-corrected chi connectivity index (χ4v) is 3.43. The third-order valence-corrected chi connectivity index (χ3v) is 5.00. The average Bonchev–Trinajstić information content (AvgIpc) is 3.11. The number of thioether (sulfide) groups is 1. The molecule has 0 bridgehead atoms. The van der Waals surface area contributed by atoms with E-state index in [4.69, 9.17) is 0 Å². The number of hydrogen-bond donors (Lipinski definition) is 0. The van der Waals surface area contributed by atoms with Gasteiger partial charge in [0.05, 0.1) is 5.56 Å². The third kappa shape index (κ3) is 3.99. The van der Waals surface area contributed by atoms with E-state index < -0.39 is 11.7 Å². The fourth-order valence-electron chi connectivity index (χ4n) is 2.05. The molecule has 2 aromatic heterocycles. The summed E-state index contributed by atoms with van der Waals surface area (Å²) in [6.45, 7) is 0. The van der Waals surface area contributed by atoms with Gasteiger partial charge in [-0.3, -0.25) is 9.69 Å². The molecule has 0 aliphatic heterocycles. The Labute approximate surface area is 150 Å². The van der Waals surface area contributed by atoms with Gasteiger partial charge >= 0.3 is 0 Å². The lowest BCUT2D eigenvalue weighted by Gasteiger charge is -2.14. The third-order valence-electron chi connectivity index (χ3n) is 3.23. The molecule has 0 atom stereocenters. The Hall–Kier alpha value is -2.39. The van der Waals surface area contributed by atoms with Crippen molar-refractivity contribution in [3.8, 4) is 10.6 Å². The fraction of sp³-hybridized carbons (Fsp3) is 0.125. The predicted molar refractivity (Wildman–Crippen MR) is 94.2 cm³/mol. The molecule has 0 aliphatic carbocycles. The molecule has 1 amide bonds. The highest BCUT2D eigenvalue weighted by atomic mass is 32.2. The van der Waals surface area contributed by atoms with Gasteiger partial charge in [0, 0.05) is 18.8 Å². The first-order valence-electron chi connectivity index (χ1n) is 7.13. The lowest BCUT2D eigenvalue weighted by molar-refractivity contribution is 0.0989. The summed E-state index contributed by atoms with van der Waals surface area (Å²) in [5, 5.41) is 9.15. The highest BCUT2D eigenvalue weighted by molar-refractivity contribution is 7.99. The van der Waals surface area contributed by atoms with Crippen LogP contribution in [0.5, 0.6) is 0 Å². The van der Waals surface area contributed by atoms with Gasteiger partial charge in [0.15, 0.2) is 0 Å². The van der Waals surface area contributed by atoms with Gasteiger partial charge in [0.1, 0.15) is 10.0 Å². The lowest BCUT2D eigenvalue weighted by Crippen LogP contribution is -2.27. The molecule has 128 valence electrons. The van der Waals surface area contributed by atoms with Gasteiger partial charge in [-0.1, -0.05) is 41.7 Å². The Morgan fingerprint density at radius 1 is 1.16 bits per heavy atom. The summed E-state index contributed by atoms with van der Waals surface area (Å²) in [4.78, 5) is 17.8. The Morgan fingerprint density at radius 2 is 1.92 bits per heavy atom. The highest BCUT2D eigenvalue weighted by Gasteiger charge is 2.22. The van der Waals surface area contributed by atoms with Crippen molar-refractivity contribution < 1.29 is 13.6 Å². The van der Waals surface area contributed by atoms with Crippen LogP contribution in [0.1, 0.15) is 10.4 Å².